The molecule has 1 aromatic heterocycles. The van der Waals surface area contributed by atoms with Gasteiger partial charge in [-0.05, 0) is 12.8 Å². The summed E-state index contributed by atoms with van der Waals surface area (Å²) in [5.41, 5.74) is 0. The molecule has 0 aromatic carbocycles. The Labute approximate surface area is 120 Å². The third-order valence-electron chi connectivity index (χ3n) is 3.51. The monoisotopic (exact) mass is 282 g/mol. The fraction of sp³-hybridized carbons (Fsp3) is 0.857. The van der Waals surface area contributed by atoms with Crippen molar-refractivity contribution >= 4 is 0 Å². The predicted molar refractivity (Wildman–Crippen MR) is 76.3 cm³/mol. The van der Waals surface area contributed by atoms with Crippen LogP contribution in [0.2, 0.25) is 0 Å². The fourth-order valence-corrected chi connectivity index (χ4v) is 2.51. The van der Waals surface area contributed by atoms with Crippen LogP contribution in [0.15, 0.2) is 4.52 Å². The SMILES string of the molecule is CCCOCc1nc(C(CCC)N2CCNCC2)no1. The van der Waals surface area contributed by atoms with E-state index in [1.165, 1.54) is 0 Å². The highest BCUT2D eigenvalue weighted by Crippen LogP contribution is 2.23. The van der Waals surface area contributed by atoms with Crippen molar-refractivity contribution in [3.63, 3.8) is 0 Å². The van der Waals surface area contributed by atoms with Crippen molar-refractivity contribution in [2.45, 2.75) is 45.8 Å². The van der Waals surface area contributed by atoms with Crippen LogP contribution in [0.1, 0.15) is 50.9 Å². The molecule has 6 nitrogen and oxygen atoms in total. The van der Waals surface area contributed by atoms with E-state index < -0.39 is 0 Å². The van der Waals surface area contributed by atoms with Gasteiger partial charge in [-0.15, -0.1) is 0 Å². The molecule has 6 heteroatoms. The lowest BCUT2D eigenvalue weighted by molar-refractivity contribution is 0.0981. The third-order valence-corrected chi connectivity index (χ3v) is 3.51. The van der Waals surface area contributed by atoms with Crippen LogP contribution in [0.25, 0.3) is 0 Å². The van der Waals surface area contributed by atoms with Gasteiger partial charge in [0.1, 0.15) is 6.61 Å². The molecule has 0 radical (unpaired) electrons. The predicted octanol–water partition coefficient (Wildman–Crippen LogP) is 1.74. The van der Waals surface area contributed by atoms with E-state index in [4.69, 9.17) is 9.26 Å². The first kappa shape index (κ1) is 15.4. The Kier molecular flexibility index (Phi) is 6.42. The molecule has 1 fully saturated rings. The highest BCUT2D eigenvalue weighted by atomic mass is 16.5. The number of piperazine rings is 1. The highest BCUT2D eigenvalue weighted by molar-refractivity contribution is 4.96. The second-order valence-electron chi connectivity index (χ2n) is 5.19. The Morgan fingerprint density at radius 2 is 2.10 bits per heavy atom. The summed E-state index contributed by atoms with van der Waals surface area (Å²) in [7, 11) is 0. The molecule has 0 aliphatic carbocycles. The first-order valence-electron chi connectivity index (χ1n) is 7.70. The van der Waals surface area contributed by atoms with Gasteiger partial charge in [-0.3, -0.25) is 4.90 Å². The standard InChI is InChI=1S/C14H26N4O2/c1-3-5-12(18-8-6-15-7-9-18)14-16-13(20-17-14)11-19-10-4-2/h12,15H,3-11H2,1-2H3. The average molecular weight is 282 g/mol. The molecule has 0 spiro atoms. The molecule has 1 unspecified atom stereocenters. The summed E-state index contributed by atoms with van der Waals surface area (Å²) in [4.78, 5) is 6.96. The van der Waals surface area contributed by atoms with Gasteiger partial charge in [-0.1, -0.05) is 25.4 Å². The normalized spacial score (nSPS) is 18.3. The van der Waals surface area contributed by atoms with Crippen molar-refractivity contribution in [2.75, 3.05) is 32.8 Å². The Morgan fingerprint density at radius 1 is 1.30 bits per heavy atom. The number of ether oxygens (including phenoxy) is 1. The van der Waals surface area contributed by atoms with Gasteiger partial charge < -0.3 is 14.6 Å². The highest BCUT2D eigenvalue weighted by Gasteiger charge is 2.25. The molecule has 1 aliphatic rings. The zero-order valence-corrected chi connectivity index (χ0v) is 12.6. The lowest BCUT2D eigenvalue weighted by Crippen LogP contribution is -2.45. The van der Waals surface area contributed by atoms with Crippen molar-refractivity contribution in [1.82, 2.24) is 20.4 Å². The summed E-state index contributed by atoms with van der Waals surface area (Å²) < 4.78 is 10.7. The molecule has 114 valence electrons. The van der Waals surface area contributed by atoms with E-state index in [2.05, 4.69) is 34.2 Å². The first-order chi connectivity index (χ1) is 9.85. The van der Waals surface area contributed by atoms with Gasteiger partial charge in [0, 0.05) is 32.8 Å². The van der Waals surface area contributed by atoms with E-state index in [-0.39, 0.29) is 6.04 Å². The van der Waals surface area contributed by atoms with Crippen LogP contribution in [0.5, 0.6) is 0 Å². The van der Waals surface area contributed by atoms with Gasteiger partial charge in [0.2, 0.25) is 0 Å². The summed E-state index contributed by atoms with van der Waals surface area (Å²) >= 11 is 0. The van der Waals surface area contributed by atoms with Crippen LogP contribution in [0.3, 0.4) is 0 Å². The molecule has 20 heavy (non-hydrogen) atoms. The van der Waals surface area contributed by atoms with Gasteiger partial charge >= 0.3 is 0 Å². The number of nitrogens with zero attached hydrogens (tertiary/aromatic N) is 3. The van der Waals surface area contributed by atoms with Crippen molar-refractivity contribution in [3.8, 4) is 0 Å². The molecular weight excluding hydrogens is 256 g/mol. The second kappa shape index (κ2) is 8.34. The summed E-state index contributed by atoms with van der Waals surface area (Å²) in [5, 5.41) is 7.54. The topological polar surface area (TPSA) is 63.4 Å². The Hall–Kier alpha value is -0.980. The number of rotatable bonds is 8. The third kappa shape index (κ3) is 4.26. The maximum absolute atomic E-state index is 5.45. The van der Waals surface area contributed by atoms with Crippen LogP contribution in [-0.4, -0.2) is 47.8 Å². The lowest BCUT2D eigenvalue weighted by Gasteiger charge is -2.33. The average Bonchev–Trinajstić information content (AvgIpc) is 2.94. The van der Waals surface area contributed by atoms with E-state index in [0.29, 0.717) is 12.5 Å². The van der Waals surface area contributed by atoms with E-state index in [9.17, 15) is 0 Å². The molecule has 2 heterocycles. The number of aromatic nitrogens is 2. The Morgan fingerprint density at radius 3 is 2.80 bits per heavy atom. The van der Waals surface area contributed by atoms with Gasteiger partial charge in [-0.25, -0.2) is 0 Å². The van der Waals surface area contributed by atoms with Crippen molar-refractivity contribution in [2.24, 2.45) is 0 Å². The molecule has 1 aliphatic heterocycles. The smallest absolute Gasteiger partial charge is 0.252 e. The van der Waals surface area contributed by atoms with Gasteiger partial charge in [0.15, 0.2) is 5.82 Å². The van der Waals surface area contributed by atoms with E-state index in [1.54, 1.807) is 0 Å². The summed E-state index contributed by atoms with van der Waals surface area (Å²) in [5.74, 6) is 1.40. The van der Waals surface area contributed by atoms with Crippen LogP contribution in [0.4, 0.5) is 0 Å². The minimum Gasteiger partial charge on any atom is -0.372 e. The molecule has 2 rings (SSSR count). The zero-order chi connectivity index (χ0) is 14.2. The Bertz CT molecular complexity index is 377. The minimum atomic E-state index is 0.269. The molecule has 0 saturated carbocycles. The second-order valence-corrected chi connectivity index (χ2v) is 5.19. The van der Waals surface area contributed by atoms with E-state index >= 15 is 0 Å². The molecule has 1 saturated heterocycles. The van der Waals surface area contributed by atoms with Crippen LogP contribution in [-0.2, 0) is 11.3 Å². The van der Waals surface area contributed by atoms with E-state index in [1.807, 2.05) is 0 Å². The van der Waals surface area contributed by atoms with Crippen LogP contribution >= 0.6 is 0 Å². The molecule has 1 atom stereocenters. The van der Waals surface area contributed by atoms with Crippen LogP contribution in [0, 0.1) is 0 Å². The minimum absolute atomic E-state index is 0.269. The summed E-state index contributed by atoms with van der Waals surface area (Å²) in [6.45, 7) is 9.58. The zero-order valence-electron chi connectivity index (χ0n) is 12.6. The van der Waals surface area contributed by atoms with E-state index in [0.717, 1.165) is 57.9 Å². The van der Waals surface area contributed by atoms with Crippen molar-refractivity contribution in [3.05, 3.63) is 11.7 Å². The molecule has 0 amide bonds. The van der Waals surface area contributed by atoms with Gasteiger partial charge in [0.05, 0.1) is 6.04 Å². The van der Waals surface area contributed by atoms with Gasteiger partial charge in [0.25, 0.3) is 5.89 Å². The van der Waals surface area contributed by atoms with Crippen LogP contribution < -0.4 is 5.32 Å². The molecule has 1 N–H and O–H groups in total. The molecule has 0 bridgehead atoms. The maximum Gasteiger partial charge on any atom is 0.252 e. The van der Waals surface area contributed by atoms with Gasteiger partial charge in [-0.2, -0.15) is 4.98 Å². The summed E-state index contributed by atoms with van der Waals surface area (Å²) in [6, 6.07) is 0.269. The largest absolute Gasteiger partial charge is 0.372 e. The number of hydrogen-bond donors (Lipinski definition) is 1. The summed E-state index contributed by atoms with van der Waals surface area (Å²) in [6.07, 6.45) is 3.18. The molecular formula is C14H26N4O2. The Balaban J connectivity index is 1.97. The number of hydrogen-bond acceptors (Lipinski definition) is 6. The fourth-order valence-electron chi connectivity index (χ4n) is 2.51. The van der Waals surface area contributed by atoms with Crippen molar-refractivity contribution < 1.29 is 9.26 Å². The quantitative estimate of drug-likeness (QED) is 0.733. The lowest BCUT2D eigenvalue weighted by atomic mass is 10.1. The van der Waals surface area contributed by atoms with Crippen molar-refractivity contribution in [1.29, 1.82) is 0 Å². The molecule has 1 aromatic rings. The maximum atomic E-state index is 5.45. The number of nitrogens with one attached hydrogen (secondary N) is 1. The first-order valence-corrected chi connectivity index (χ1v) is 7.70.